The predicted octanol–water partition coefficient (Wildman–Crippen LogP) is 1.72. The van der Waals surface area contributed by atoms with Crippen LogP contribution in [0.15, 0.2) is 23.2 Å². The normalized spacial score (nSPS) is 21.0. The predicted molar refractivity (Wildman–Crippen MR) is 77.2 cm³/mol. The molecular weight excluding hydrogens is 292 g/mol. The number of hydrogen-bond donors (Lipinski definition) is 1. The Labute approximate surface area is 125 Å². The quantitative estimate of drug-likeness (QED) is 0.915. The van der Waals surface area contributed by atoms with Crippen molar-refractivity contribution in [2.24, 2.45) is 11.3 Å². The largest absolute Gasteiger partial charge is 0.481 e. The van der Waals surface area contributed by atoms with Crippen LogP contribution in [0.1, 0.15) is 33.1 Å². The maximum absolute atomic E-state index is 12.2. The van der Waals surface area contributed by atoms with Crippen LogP contribution in [0.5, 0.6) is 5.88 Å². The number of pyridine rings is 1. The molecule has 116 valence electrons. The molecule has 0 spiro atoms. The second kappa shape index (κ2) is 5.63. The van der Waals surface area contributed by atoms with Gasteiger partial charge in [-0.1, -0.05) is 20.3 Å². The highest BCUT2D eigenvalue weighted by molar-refractivity contribution is 7.90. The van der Waals surface area contributed by atoms with Gasteiger partial charge in [-0.2, -0.15) is 0 Å². The summed E-state index contributed by atoms with van der Waals surface area (Å²) in [6, 6.07) is 2.81. The summed E-state index contributed by atoms with van der Waals surface area (Å²) in [6.07, 6.45) is 3.76. The molecule has 1 aliphatic rings. The maximum atomic E-state index is 12.2. The van der Waals surface area contributed by atoms with Gasteiger partial charge >= 0.3 is 0 Å². The average molecular weight is 312 g/mol. The van der Waals surface area contributed by atoms with E-state index in [4.69, 9.17) is 4.74 Å². The lowest BCUT2D eigenvalue weighted by Gasteiger charge is -2.25. The summed E-state index contributed by atoms with van der Waals surface area (Å²) >= 11 is 0. The highest BCUT2D eigenvalue weighted by Gasteiger charge is 2.40. The molecule has 1 aromatic heterocycles. The fraction of sp³-hybridized carbons (Fsp3) is 0.571. The fourth-order valence-corrected chi connectivity index (χ4v) is 3.69. The second-order valence-corrected chi connectivity index (χ2v) is 7.62. The third kappa shape index (κ3) is 3.34. The van der Waals surface area contributed by atoms with Crippen molar-refractivity contribution >= 4 is 15.9 Å². The monoisotopic (exact) mass is 312 g/mol. The van der Waals surface area contributed by atoms with E-state index in [1.807, 2.05) is 13.8 Å². The summed E-state index contributed by atoms with van der Waals surface area (Å²) < 4.78 is 31.4. The van der Waals surface area contributed by atoms with Crippen molar-refractivity contribution in [1.82, 2.24) is 9.71 Å². The number of nitrogens with zero attached hydrogens (tertiary/aromatic N) is 1. The van der Waals surface area contributed by atoms with Gasteiger partial charge < -0.3 is 4.74 Å². The summed E-state index contributed by atoms with van der Waals surface area (Å²) in [7, 11) is -2.44. The molecule has 0 radical (unpaired) electrons. The van der Waals surface area contributed by atoms with Crippen LogP contribution in [0.25, 0.3) is 0 Å². The highest BCUT2D eigenvalue weighted by Crippen LogP contribution is 2.42. The molecule has 6 nitrogen and oxygen atoms in total. The SMILES string of the molecule is COc1ccc(S(=O)(=O)NC(=O)C2CCCC2(C)C)cn1. The van der Waals surface area contributed by atoms with E-state index in [1.165, 1.54) is 25.4 Å². The van der Waals surface area contributed by atoms with Crippen molar-refractivity contribution in [2.75, 3.05) is 7.11 Å². The number of aromatic nitrogens is 1. The molecule has 7 heteroatoms. The van der Waals surface area contributed by atoms with Gasteiger partial charge in [-0.05, 0) is 24.3 Å². The molecule has 2 rings (SSSR count). The summed E-state index contributed by atoms with van der Waals surface area (Å²) in [5, 5.41) is 0. The zero-order valence-electron chi connectivity index (χ0n) is 12.4. The Hall–Kier alpha value is -1.63. The molecule has 1 amide bonds. The van der Waals surface area contributed by atoms with E-state index in [0.717, 1.165) is 19.3 Å². The van der Waals surface area contributed by atoms with Crippen molar-refractivity contribution in [3.8, 4) is 5.88 Å². The van der Waals surface area contributed by atoms with Gasteiger partial charge in [0.1, 0.15) is 4.90 Å². The molecule has 1 unspecified atom stereocenters. The van der Waals surface area contributed by atoms with E-state index in [2.05, 4.69) is 9.71 Å². The third-order valence-corrected chi connectivity index (χ3v) is 5.37. The van der Waals surface area contributed by atoms with Crippen LogP contribution in [0.2, 0.25) is 0 Å². The van der Waals surface area contributed by atoms with Crippen molar-refractivity contribution < 1.29 is 17.9 Å². The molecule has 21 heavy (non-hydrogen) atoms. The second-order valence-electron chi connectivity index (χ2n) is 5.94. The zero-order chi connectivity index (χ0) is 15.7. The molecule has 1 atom stereocenters. The van der Waals surface area contributed by atoms with Crippen molar-refractivity contribution in [3.63, 3.8) is 0 Å². The first-order valence-electron chi connectivity index (χ1n) is 6.83. The molecule has 1 aromatic rings. The van der Waals surface area contributed by atoms with Crippen LogP contribution in [0, 0.1) is 11.3 Å². The van der Waals surface area contributed by atoms with Crippen LogP contribution in [0.4, 0.5) is 0 Å². The van der Waals surface area contributed by atoms with E-state index in [0.29, 0.717) is 5.88 Å². The Morgan fingerprint density at radius 2 is 2.14 bits per heavy atom. The number of carbonyl (C=O) groups excluding carboxylic acids is 1. The van der Waals surface area contributed by atoms with Crippen LogP contribution < -0.4 is 9.46 Å². The number of nitrogens with one attached hydrogen (secondary N) is 1. The van der Waals surface area contributed by atoms with E-state index in [1.54, 1.807) is 0 Å². The van der Waals surface area contributed by atoms with Crippen molar-refractivity contribution in [1.29, 1.82) is 0 Å². The van der Waals surface area contributed by atoms with Crippen LogP contribution in [-0.4, -0.2) is 26.4 Å². The number of carbonyl (C=O) groups is 1. The minimum atomic E-state index is -3.89. The first-order chi connectivity index (χ1) is 9.76. The van der Waals surface area contributed by atoms with Gasteiger partial charge in [-0.25, -0.2) is 18.1 Å². The number of hydrogen-bond acceptors (Lipinski definition) is 5. The minimum Gasteiger partial charge on any atom is -0.481 e. The summed E-state index contributed by atoms with van der Waals surface area (Å²) in [4.78, 5) is 16.0. The summed E-state index contributed by atoms with van der Waals surface area (Å²) in [6.45, 7) is 3.98. The standard InChI is InChI=1S/C14H20N2O4S/c1-14(2)8-4-5-11(14)13(17)16-21(18,19)10-6-7-12(20-3)15-9-10/h6-7,9,11H,4-5,8H2,1-3H3,(H,16,17). The number of rotatable bonds is 4. The van der Waals surface area contributed by atoms with Gasteiger partial charge in [0.15, 0.2) is 0 Å². The Morgan fingerprint density at radius 3 is 2.62 bits per heavy atom. The van der Waals surface area contributed by atoms with Gasteiger partial charge in [0.05, 0.1) is 13.3 Å². The highest BCUT2D eigenvalue weighted by atomic mass is 32.2. The first-order valence-corrected chi connectivity index (χ1v) is 8.31. The van der Waals surface area contributed by atoms with Crippen LogP contribution >= 0.6 is 0 Å². The molecule has 1 heterocycles. The summed E-state index contributed by atoms with van der Waals surface area (Å²) in [5.74, 6) is -0.399. The van der Waals surface area contributed by atoms with E-state index in [-0.39, 0.29) is 16.2 Å². The number of ether oxygens (including phenoxy) is 1. The average Bonchev–Trinajstić information content (AvgIpc) is 2.78. The topological polar surface area (TPSA) is 85.4 Å². The van der Waals surface area contributed by atoms with Crippen molar-refractivity contribution in [2.45, 2.75) is 38.0 Å². The first kappa shape index (κ1) is 15.8. The molecule has 1 saturated carbocycles. The lowest BCUT2D eigenvalue weighted by Crippen LogP contribution is -2.39. The Balaban J connectivity index is 2.15. The molecule has 0 saturated heterocycles. The molecule has 0 bridgehead atoms. The molecule has 0 aliphatic heterocycles. The Morgan fingerprint density at radius 1 is 1.43 bits per heavy atom. The van der Waals surface area contributed by atoms with Crippen LogP contribution in [0.3, 0.4) is 0 Å². The smallest absolute Gasteiger partial charge is 0.265 e. The minimum absolute atomic E-state index is 0.0487. The van der Waals surface area contributed by atoms with Crippen molar-refractivity contribution in [3.05, 3.63) is 18.3 Å². The molecule has 1 N–H and O–H groups in total. The van der Waals surface area contributed by atoms with Gasteiger partial charge in [0.2, 0.25) is 11.8 Å². The Kier molecular flexibility index (Phi) is 4.22. The number of sulfonamides is 1. The fourth-order valence-electron chi connectivity index (χ4n) is 2.72. The summed E-state index contributed by atoms with van der Waals surface area (Å²) in [5.41, 5.74) is -0.169. The van der Waals surface area contributed by atoms with E-state index < -0.39 is 15.9 Å². The lowest BCUT2D eigenvalue weighted by molar-refractivity contribution is -0.125. The Bertz CT molecular complexity index is 623. The molecular formula is C14H20N2O4S. The maximum Gasteiger partial charge on any atom is 0.265 e. The molecule has 1 aliphatic carbocycles. The number of amides is 1. The van der Waals surface area contributed by atoms with Gasteiger partial charge in [-0.3, -0.25) is 4.79 Å². The molecule has 1 fully saturated rings. The lowest BCUT2D eigenvalue weighted by atomic mass is 9.81. The third-order valence-electron chi connectivity index (χ3n) is 4.04. The van der Waals surface area contributed by atoms with Gasteiger partial charge in [0.25, 0.3) is 10.0 Å². The van der Waals surface area contributed by atoms with E-state index >= 15 is 0 Å². The zero-order valence-corrected chi connectivity index (χ0v) is 13.2. The number of methoxy groups -OCH3 is 1. The van der Waals surface area contributed by atoms with Crippen LogP contribution in [-0.2, 0) is 14.8 Å². The van der Waals surface area contributed by atoms with E-state index in [9.17, 15) is 13.2 Å². The van der Waals surface area contributed by atoms with Gasteiger partial charge in [0, 0.05) is 12.0 Å². The molecule has 0 aromatic carbocycles. The van der Waals surface area contributed by atoms with Gasteiger partial charge in [-0.15, -0.1) is 0 Å².